The third-order valence-electron chi connectivity index (χ3n) is 12.4. The molecule has 0 bridgehead atoms. The average Bonchev–Trinajstić information content (AvgIpc) is 3.71. The van der Waals surface area contributed by atoms with Crippen LogP contribution in [0.15, 0.2) is 67.7 Å². The maximum atomic E-state index is 13.7. The summed E-state index contributed by atoms with van der Waals surface area (Å²) in [5.74, 6) is 1.74. The molecule has 1 amide bonds. The number of aromatic nitrogens is 9. The minimum atomic E-state index is -0.0622. The van der Waals surface area contributed by atoms with Crippen LogP contribution in [0.25, 0.3) is 28.4 Å². The molecule has 18 heteroatoms. The molecule has 3 aliphatic rings. The Morgan fingerprint density at radius 2 is 1.44 bits per heavy atom. The summed E-state index contributed by atoms with van der Waals surface area (Å²) in [4.78, 5) is 56.5. The molecular weight excluding hydrogens is 809 g/mol. The van der Waals surface area contributed by atoms with Gasteiger partial charge in [0.05, 0.1) is 30.7 Å². The number of pyridine rings is 1. The molecule has 2 fully saturated rings. The number of nitrogens with two attached hydrogens (primary N) is 2. The molecule has 0 saturated carbocycles. The van der Waals surface area contributed by atoms with E-state index in [4.69, 9.17) is 21.3 Å². The van der Waals surface area contributed by atoms with Crippen molar-refractivity contribution in [2.75, 3.05) is 101 Å². The normalized spacial score (nSPS) is 16.3. The van der Waals surface area contributed by atoms with Crippen LogP contribution in [0.5, 0.6) is 0 Å². The van der Waals surface area contributed by atoms with Crippen molar-refractivity contribution in [2.24, 2.45) is 5.73 Å². The number of ether oxygens (including phenoxy) is 1. The van der Waals surface area contributed by atoms with Crippen molar-refractivity contribution < 1.29 is 9.53 Å². The minimum absolute atomic E-state index is 0.0622. The quantitative estimate of drug-likeness (QED) is 0.151. The van der Waals surface area contributed by atoms with E-state index >= 15 is 0 Å². The monoisotopic (exact) mass is 864 g/mol. The topological polar surface area (TPSA) is 203 Å². The molecule has 0 spiro atoms. The minimum Gasteiger partial charge on any atom is -0.383 e. The highest BCUT2D eigenvalue weighted by atomic mass is 16.5. The van der Waals surface area contributed by atoms with Crippen LogP contribution in [-0.2, 0) is 30.8 Å². The van der Waals surface area contributed by atoms with Crippen molar-refractivity contribution in [2.45, 2.75) is 39.9 Å². The lowest BCUT2D eigenvalue weighted by atomic mass is 9.97. The number of carbonyl (C=O) groups excluding carboxylic acids is 1. The van der Waals surface area contributed by atoms with Crippen molar-refractivity contribution >= 4 is 40.7 Å². The summed E-state index contributed by atoms with van der Waals surface area (Å²) in [7, 11) is 0. The van der Waals surface area contributed by atoms with Crippen LogP contribution >= 0.6 is 0 Å². The van der Waals surface area contributed by atoms with Crippen LogP contribution < -0.4 is 21.3 Å². The maximum Gasteiger partial charge on any atom is 0.257 e. The Labute approximate surface area is 373 Å². The van der Waals surface area contributed by atoms with Crippen LogP contribution in [0, 0.1) is 6.92 Å². The summed E-state index contributed by atoms with van der Waals surface area (Å²) in [6.07, 6.45) is 15.0. The number of nitrogens with zero attached hydrogens (tertiary/aromatic N) is 14. The molecule has 332 valence electrons. The predicted octanol–water partition coefficient (Wildman–Crippen LogP) is 3.06. The van der Waals surface area contributed by atoms with E-state index in [9.17, 15) is 4.79 Å². The molecule has 2 saturated heterocycles. The molecule has 0 aliphatic carbocycles. The third kappa shape index (κ3) is 9.54. The summed E-state index contributed by atoms with van der Waals surface area (Å²) in [5.41, 5.74) is 21.1. The van der Waals surface area contributed by atoms with Gasteiger partial charge >= 0.3 is 0 Å². The van der Waals surface area contributed by atoms with Gasteiger partial charge in [-0.25, -0.2) is 34.6 Å². The van der Waals surface area contributed by atoms with Gasteiger partial charge in [0, 0.05) is 133 Å². The first-order valence-electron chi connectivity index (χ1n) is 22.2. The Bertz CT molecular complexity index is 2580. The lowest BCUT2D eigenvalue weighted by molar-refractivity contribution is 0.0734. The zero-order valence-electron chi connectivity index (χ0n) is 36.7. The zero-order chi connectivity index (χ0) is 44.0. The van der Waals surface area contributed by atoms with E-state index in [0.717, 1.165) is 118 Å². The maximum absolute atomic E-state index is 13.7. The first-order chi connectivity index (χ1) is 31.3. The van der Waals surface area contributed by atoms with Gasteiger partial charge in [-0.15, -0.1) is 0 Å². The van der Waals surface area contributed by atoms with Crippen LogP contribution in [0.2, 0.25) is 0 Å². The number of hydrogen-bond donors (Lipinski definition) is 2. The number of piperazine rings is 2. The Kier molecular flexibility index (Phi) is 13.0. The number of fused-ring (bicyclic) bond motifs is 2. The number of aryl methyl sites for hydroxylation is 1. The lowest BCUT2D eigenvalue weighted by Gasteiger charge is -2.35. The van der Waals surface area contributed by atoms with Gasteiger partial charge in [-0.1, -0.05) is 30.4 Å². The molecule has 8 heterocycles. The molecule has 6 aromatic rings. The standard InChI is InChI=1S/C46H56N16O2/c1-3-4-35-22-38(26-49-32(35)2)41-40-42(48)54-31-55-43(40)62(56-41)29-33-5-6-37-30-61(8-7-36(37)21-33)44(63)39-27-52-46(53-28-39)60-15-11-58(12-16-60)18-20-64-19-17-57-9-13-59(14-10-57)45-50-24-34(23-47)25-51-45/h3-6,21-22,24-28,31H,7-20,23,29-30,47H2,1-2H3,(H2,48,54,55)/b4-3-. The molecule has 1 aromatic carbocycles. The second-order valence-corrected chi connectivity index (χ2v) is 16.6. The van der Waals surface area contributed by atoms with Crippen LogP contribution in [0.3, 0.4) is 0 Å². The number of rotatable bonds is 14. The van der Waals surface area contributed by atoms with E-state index in [-0.39, 0.29) is 5.91 Å². The Morgan fingerprint density at radius 1 is 0.766 bits per heavy atom. The largest absolute Gasteiger partial charge is 0.383 e. The van der Waals surface area contributed by atoms with Crippen molar-refractivity contribution in [3.05, 3.63) is 107 Å². The van der Waals surface area contributed by atoms with Gasteiger partial charge in [-0.05, 0) is 48.6 Å². The molecule has 64 heavy (non-hydrogen) atoms. The van der Waals surface area contributed by atoms with Gasteiger partial charge in [0.15, 0.2) is 5.65 Å². The second kappa shape index (κ2) is 19.5. The molecule has 0 atom stereocenters. The fourth-order valence-corrected chi connectivity index (χ4v) is 8.65. The van der Waals surface area contributed by atoms with E-state index in [1.54, 1.807) is 12.4 Å². The zero-order valence-corrected chi connectivity index (χ0v) is 36.7. The Hall–Kier alpha value is -6.47. The highest BCUT2D eigenvalue weighted by Crippen LogP contribution is 2.32. The Morgan fingerprint density at radius 3 is 2.09 bits per heavy atom. The summed E-state index contributed by atoms with van der Waals surface area (Å²) in [6, 6.07) is 8.49. The van der Waals surface area contributed by atoms with Crippen molar-refractivity contribution in [3.8, 4) is 11.3 Å². The summed E-state index contributed by atoms with van der Waals surface area (Å²) in [6.45, 7) is 16.5. The molecule has 0 unspecified atom stereocenters. The SMILES string of the molecule is C/C=C\c1cc(-c2nn(Cc3ccc4c(c3)CCN(C(=O)c3cnc(N5CCN(CCOCCN6CCN(c7ncc(CN)cn7)CC6)CC5)nc3)C4)c3ncnc(N)c23)cnc1C. The Balaban J connectivity index is 0.723. The van der Waals surface area contributed by atoms with E-state index in [2.05, 4.69) is 78.8 Å². The number of hydrogen-bond acceptors (Lipinski definition) is 16. The van der Waals surface area contributed by atoms with Gasteiger partial charge in [0.2, 0.25) is 11.9 Å². The summed E-state index contributed by atoms with van der Waals surface area (Å²) < 4.78 is 7.92. The van der Waals surface area contributed by atoms with E-state index in [1.807, 2.05) is 54.2 Å². The van der Waals surface area contributed by atoms with Gasteiger partial charge in [-0.2, -0.15) is 5.10 Å². The van der Waals surface area contributed by atoms with Crippen LogP contribution in [0.4, 0.5) is 17.7 Å². The second-order valence-electron chi connectivity index (χ2n) is 16.6. The van der Waals surface area contributed by atoms with Crippen molar-refractivity contribution in [3.63, 3.8) is 0 Å². The first kappa shape index (κ1) is 42.8. The molecule has 5 aromatic heterocycles. The van der Waals surface area contributed by atoms with Gasteiger partial charge in [0.25, 0.3) is 5.91 Å². The van der Waals surface area contributed by atoms with Gasteiger partial charge in [0.1, 0.15) is 17.8 Å². The molecular formula is C46H56N16O2. The van der Waals surface area contributed by atoms with E-state index in [0.29, 0.717) is 66.8 Å². The highest BCUT2D eigenvalue weighted by molar-refractivity contribution is 5.98. The van der Waals surface area contributed by atoms with Crippen molar-refractivity contribution in [1.82, 2.24) is 59.4 Å². The van der Waals surface area contributed by atoms with Gasteiger partial charge in [-0.3, -0.25) is 19.6 Å². The highest BCUT2D eigenvalue weighted by Gasteiger charge is 2.25. The smallest absolute Gasteiger partial charge is 0.257 e. The summed E-state index contributed by atoms with van der Waals surface area (Å²) in [5, 5.41) is 5.70. The van der Waals surface area contributed by atoms with Gasteiger partial charge < -0.3 is 30.9 Å². The summed E-state index contributed by atoms with van der Waals surface area (Å²) >= 11 is 0. The van der Waals surface area contributed by atoms with E-state index < -0.39 is 0 Å². The van der Waals surface area contributed by atoms with E-state index in [1.165, 1.54) is 11.9 Å². The number of nitrogen functional groups attached to an aromatic ring is 1. The fraction of sp³-hybridized carbons (Fsp3) is 0.413. The fourth-order valence-electron chi connectivity index (χ4n) is 8.65. The predicted molar refractivity (Wildman–Crippen MR) is 246 cm³/mol. The number of benzene rings is 1. The molecule has 0 radical (unpaired) electrons. The molecule has 9 rings (SSSR count). The number of allylic oxidation sites excluding steroid dienone is 1. The number of carbonyl (C=O) groups is 1. The number of amides is 1. The third-order valence-corrected chi connectivity index (χ3v) is 12.4. The number of anilines is 3. The van der Waals surface area contributed by atoms with Crippen LogP contribution in [-0.4, -0.2) is 150 Å². The molecule has 4 N–H and O–H groups in total. The molecule has 3 aliphatic heterocycles. The average molecular weight is 865 g/mol. The molecule has 18 nitrogen and oxygen atoms in total. The lowest BCUT2D eigenvalue weighted by Crippen LogP contribution is -2.48. The first-order valence-corrected chi connectivity index (χ1v) is 22.2. The van der Waals surface area contributed by atoms with Crippen LogP contribution in [0.1, 0.15) is 50.8 Å². The van der Waals surface area contributed by atoms with Crippen molar-refractivity contribution in [1.29, 1.82) is 0 Å².